The third kappa shape index (κ3) is 1.19. The Morgan fingerprint density at radius 2 is 2.00 bits per heavy atom. The minimum absolute atomic E-state index is 0.785. The van der Waals surface area contributed by atoms with E-state index in [0.717, 1.165) is 11.4 Å². The lowest BCUT2D eigenvalue weighted by Crippen LogP contribution is -2.37. The van der Waals surface area contributed by atoms with Crippen LogP contribution in [0.4, 0.5) is 0 Å². The lowest BCUT2D eigenvalue weighted by Gasteiger charge is -2.39. The molecule has 0 aromatic carbocycles. The van der Waals surface area contributed by atoms with E-state index in [2.05, 4.69) is 11.2 Å². The van der Waals surface area contributed by atoms with Crippen molar-refractivity contribution in [1.29, 1.82) is 0 Å². The van der Waals surface area contributed by atoms with Crippen LogP contribution in [0.1, 0.15) is 32.6 Å². The van der Waals surface area contributed by atoms with Crippen molar-refractivity contribution in [2.75, 3.05) is 0 Å². The van der Waals surface area contributed by atoms with Gasteiger partial charge in [0, 0.05) is 6.04 Å². The van der Waals surface area contributed by atoms with Crippen LogP contribution in [0, 0.1) is 0 Å². The molecule has 2 fully saturated rings. The molecular formula is C7H13NS2. The molecule has 1 atom stereocenters. The van der Waals surface area contributed by atoms with Crippen molar-refractivity contribution >= 4 is 21.8 Å². The molecule has 58 valence electrons. The molecule has 0 radical (unpaired) electrons. The predicted octanol–water partition coefficient (Wildman–Crippen LogP) is 2.89. The van der Waals surface area contributed by atoms with Gasteiger partial charge in [0.25, 0.3) is 0 Å². The first-order valence-electron chi connectivity index (χ1n) is 4.00. The smallest absolute Gasteiger partial charge is 0.0754 e. The lowest BCUT2D eigenvalue weighted by atomic mass is 10.2. The minimum atomic E-state index is 0.785. The van der Waals surface area contributed by atoms with Crippen LogP contribution in [-0.4, -0.2) is 15.7 Å². The van der Waals surface area contributed by atoms with Crippen LogP contribution in [0.5, 0.6) is 0 Å². The number of hydrogen-bond acceptors (Lipinski definition) is 3. The molecule has 1 nitrogen and oxygen atoms in total. The maximum atomic E-state index is 2.57. The fourth-order valence-electron chi connectivity index (χ4n) is 1.70. The summed E-state index contributed by atoms with van der Waals surface area (Å²) in [5.74, 6) is 0. The van der Waals surface area contributed by atoms with Crippen LogP contribution in [0.3, 0.4) is 0 Å². The Bertz CT molecular complexity index is 123. The third-order valence-electron chi connectivity index (χ3n) is 2.31. The Balaban J connectivity index is 1.86. The summed E-state index contributed by atoms with van der Waals surface area (Å²) in [6, 6.07) is 0.918. The van der Waals surface area contributed by atoms with Gasteiger partial charge in [-0.2, -0.15) is 0 Å². The molecular weight excluding hydrogens is 162 g/mol. The van der Waals surface area contributed by atoms with Crippen molar-refractivity contribution in [1.82, 2.24) is 4.31 Å². The molecule has 0 spiro atoms. The largest absolute Gasteiger partial charge is 0.224 e. The van der Waals surface area contributed by atoms with Crippen molar-refractivity contribution in [2.24, 2.45) is 0 Å². The maximum Gasteiger partial charge on any atom is 0.0754 e. The predicted molar refractivity (Wildman–Crippen MR) is 48.7 cm³/mol. The quantitative estimate of drug-likeness (QED) is 0.445. The summed E-state index contributed by atoms with van der Waals surface area (Å²) in [5.41, 5.74) is 0. The van der Waals surface area contributed by atoms with E-state index in [1.807, 2.05) is 21.8 Å². The molecule has 0 aromatic rings. The molecule has 0 aromatic heterocycles. The SMILES string of the molecule is CC1SSN1C1CCCC1. The second kappa shape index (κ2) is 2.95. The normalized spacial score (nSPS) is 36.3. The van der Waals surface area contributed by atoms with E-state index in [1.165, 1.54) is 25.7 Å². The van der Waals surface area contributed by atoms with Crippen LogP contribution >= 0.6 is 21.8 Å². The average Bonchev–Trinajstić information content (AvgIpc) is 2.37. The van der Waals surface area contributed by atoms with Gasteiger partial charge >= 0.3 is 0 Å². The standard InChI is InChI=1S/C7H13NS2/c1-6-8(10-9-6)7-4-2-3-5-7/h6-7H,2-5H2,1H3. The molecule has 2 rings (SSSR count). The van der Waals surface area contributed by atoms with E-state index in [-0.39, 0.29) is 0 Å². The second-order valence-corrected chi connectivity index (χ2v) is 5.54. The van der Waals surface area contributed by atoms with Gasteiger partial charge in [-0.15, -0.1) is 0 Å². The van der Waals surface area contributed by atoms with Gasteiger partial charge in [0.1, 0.15) is 0 Å². The highest BCUT2D eigenvalue weighted by Crippen LogP contribution is 2.49. The Morgan fingerprint density at radius 3 is 2.40 bits per heavy atom. The lowest BCUT2D eigenvalue weighted by molar-refractivity contribution is 0.346. The van der Waals surface area contributed by atoms with Crippen molar-refractivity contribution in [2.45, 2.75) is 44.0 Å². The Labute approximate surface area is 70.5 Å². The fraction of sp³-hybridized carbons (Fsp3) is 1.00. The highest BCUT2D eigenvalue weighted by atomic mass is 33.1. The summed E-state index contributed by atoms with van der Waals surface area (Å²) in [6.45, 7) is 2.31. The van der Waals surface area contributed by atoms with Crippen molar-refractivity contribution in [3.05, 3.63) is 0 Å². The topological polar surface area (TPSA) is 3.24 Å². The Hall–Kier alpha value is 0.660. The van der Waals surface area contributed by atoms with Crippen LogP contribution < -0.4 is 0 Å². The summed E-state index contributed by atoms with van der Waals surface area (Å²) in [5, 5.41) is 0.785. The molecule has 1 aliphatic heterocycles. The van der Waals surface area contributed by atoms with Crippen molar-refractivity contribution in [3.8, 4) is 0 Å². The molecule has 2 aliphatic rings. The van der Waals surface area contributed by atoms with Gasteiger partial charge in [0.2, 0.25) is 0 Å². The van der Waals surface area contributed by atoms with Gasteiger partial charge in [0.15, 0.2) is 0 Å². The molecule has 1 saturated heterocycles. The van der Waals surface area contributed by atoms with Gasteiger partial charge in [-0.1, -0.05) is 23.6 Å². The number of hydrogen-bond donors (Lipinski definition) is 0. The summed E-state index contributed by atoms with van der Waals surface area (Å²) in [6.07, 6.45) is 5.80. The molecule has 1 heterocycles. The molecule has 10 heavy (non-hydrogen) atoms. The van der Waals surface area contributed by atoms with E-state index < -0.39 is 0 Å². The zero-order chi connectivity index (χ0) is 6.97. The molecule has 1 saturated carbocycles. The van der Waals surface area contributed by atoms with Gasteiger partial charge in [0.05, 0.1) is 5.37 Å². The fourth-order valence-corrected chi connectivity index (χ4v) is 4.00. The van der Waals surface area contributed by atoms with E-state index in [1.54, 1.807) is 0 Å². The molecule has 0 N–H and O–H groups in total. The first-order valence-corrected chi connectivity index (χ1v) is 6.17. The molecule has 1 aliphatic carbocycles. The molecule has 1 unspecified atom stereocenters. The molecule has 0 bridgehead atoms. The zero-order valence-electron chi connectivity index (χ0n) is 6.25. The Morgan fingerprint density at radius 1 is 1.30 bits per heavy atom. The maximum absolute atomic E-state index is 2.57. The first kappa shape index (κ1) is 7.32. The number of rotatable bonds is 1. The summed E-state index contributed by atoms with van der Waals surface area (Å²) in [7, 11) is 3.96. The number of nitrogens with zero attached hydrogens (tertiary/aromatic N) is 1. The Kier molecular flexibility index (Phi) is 2.16. The van der Waals surface area contributed by atoms with Gasteiger partial charge in [-0.3, -0.25) is 0 Å². The monoisotopic (exact) mass is 175 g/mol. The zero-order valence-corrected chi connectivity index (χ0v) is 7.88. The van der Waals surface area contributed by atoms with E-state index in [4.69, 9.17) is 0 Å². The van der Waals surface area contributed by atoms with Crippen LogP contribution in [0.2, 0.25) is 0 Å². The summed E-state index contributed by atoms with van der Waals surface area (Å²) < 4.78 is 2.57. The third-order valence-corrected chi connectivity index (χ3v) is 5.43. The van der Waals surface area contributed by atoms with E-state index in [9.17, 15) is 0 Å². The first-order chi connectivity index (χ1) is 4.88. The van der Waals surface area contributed by atoms with Gasteiger partial charge in [-0.05, 0) is 30.7 Å². The average molecular weight is 175 g/mol. The minimum Gasteiger partial charge on any atom is -0.224 e. The van der Waals surface area contributed by atoms with Gasteiger partial charge < -0.3 is 0 Å². The second-order valence-electron chi connectivity index (χ2n) is 3.07. The summed E-state index contributed by atoms with van der Waals surface area (Å²) >= 11 is 0. The van der Waals surface area contributed by atoms with Gasteiger partial charge in [-0.25, -0.2) is 4.31 Å². The van der Waals surface area contributed by atoms with E-state index >= 15 is 0 Å². The molecule has 3 heteroatoms. The van der Waals surface area contributed by atoms with Crippen LogP contribution in [-0.2, 0) is 0 Å². The van der Waals surface area contributed by atoms with Crippen LogP contribution in [0.25, 0.3) is 0 Å². The van der Waals surface area contributed by atoms with Crippen molar-refractivity contribution < 1.29 is 0 Å². The van der Waals surface area contributed by atoms with Crippen LogP contribution in [0.15, 0.2) is 0 Å². The van der Waals surface area contributed by atoms with Crippen molar-refractivity contribution in [3.63, 3.8) is 0 Å². The summed E-state index contributed by atoms with van der Waals surface area (Å²) in [4.78, 5) is 0. The highest BCUT2D eigenvalue weighted by Gasteiger charge is 2.34. The van der Waals surface area contributed by atoms with E-state index in [0.29, 0.717) is 0 Å². The highest BCUT2D eigenvalue weighted by molar-refractivity contribution is 8.78. The molecule has 0 amide bonds.